The summed E-state index contributed by atoms with van der Waals surface area (Å²) >= 11 is 0. The molecule has 38 heavy (non-hydrogen) atoms. The zero-order valence-corrected chi connectivity index (χ0v) is 22.1. The van der Waals surface area contributed by atoms with Crippen molar-refractivity contribution < 1.29 is 36.6 Å². The average Bonchev–Trinajstić information content (AvgIpc) is 3.79. The van der Waals surface area contributed by atoms with E-state index in [0.29, 0.717) is 50.9 Å². The Hall–Kier alpha value is -1.86. The zero-order chi connectivity index (χ0) is 26.7. The fourth-order valence-electron chi connectivity index (χ4n) is 6.64. The molecular formula is C26H35F2N3O6S. The monoisotopic (exact) mass is 555 g/mol. The van der Waals surface area contributed by atoms with E-state index in [-0.39, 0.29) is 31.9 Å². The molecule has 210 valence electrons. The van der Waals surface area contributed by atoms with Gasteiger partial charge in [0.25, 0.3) is 0 Å². The second-order valence-corrected chi connectivity index (χ2v) is 13.4. The summed E-state index contributed by atoms with van der Waals surface area (Å²) in [5, 5.41) is 9.32. The first-order chi connectivity index (χ1) is 18.2. The number of morpholine rings is 1. The number of sulfonamides is 1. The number of halogens is 2. The van der Waals surface area contributed by atoms with Gasteiger partial charge in [0.1, 0.15) is 17.2 Å². The normalized spacial score (nSPS) is 31.4. The standard InChI is InChI=1S/C26H35F2N3O6S/c27-18-10-19(28)12-23(11-18)38(34,35)31-22(9-17-1-2-17)15-36-16-24(31)26(5-6-26)37-25(33)30-20-3-4-21(30)14-29(13-20)7-8-32/h10-12,17,20-22,24,32H,1-9,13-16H2/t20?,21?,22-,24-/m1/s1. The molecule has 1 aromatic rings. The first-order valence-electron chi connectivity index (χ1n) is 13.6. The summed E-state index contributed by atoms with van der Waals surface area (Å²) in [6.45, 7) is 2.20. The minimum absolute atomic E-state index is 0.0103. The summed E-state index contributed by atoms with van der Waals surface area (Å²) in [7, 11) is -4.31. The zero-order valence-electron chi connectivity index (χ0n) is 21.3. The van der Waals surface area contributed by atoms with E-state index in [0.717, 1.165) is 37.8 Å². The molecule has 5 fully saturated rings. The molecule has 9 nitrogen and oxygen atoms in total. The Bertz CT molecular complexity index is 1140. The maximum Gasteiger partial charge on any atom is 0.410 e. The van der Waals surface area contributed by atoms with Gasteiger partial charge in [0.2, 0.25) is 10.0 Å². The van der Waals surface area contributed by atoms with Gasteiger partial charge in [-0.3, -0.25) is 9.80 Å². The fraction of sp³-hybridized carbons (Fsp3) is 0.731. The number of aliphatic hydroxyl groups excluding tert-OH is 1. The molecule has 1 N–H and O–H groups in total. The number of rotatable bonds is 8. The van der Waals surface area contributed by atoms with Crippen LogP contribution < -0.4 is 0 Å². The number of hydrogen-bond acceptors (Lipinski definition) is 7. The number of nitrogens with zero attached hydrogens (tertiary/aromatic N) is 3. The van der Waals surface area contributed by atoms with E-state index >= 15 is 0 Å². The van der Waals surface area contributed by atoms with Crippen molar-refractivity contribution in [2.24, 2.45) is 5.92 Å². The minimum Gasteiger partial charge on any atom is -0.441 e. The molecular weight excluding hydrogens is 520 g/mol. The minimum atomic E-state index is -4.31. The van der Waals surface area contributed by atoms with Gasteiger partial charge in [-0.2, -0.15) is 4.31 Å². The SMILES string of the molecule is O=C(OC1([C@H]2COC[C@@H](CC3CC3)N2S(=O)(=O)c2cc(F)cc(F)c2)CC1)N1C2CCC1CN(CCO)C2. The van der Waals surface area contributed by atoms with Gasteiger partial charge in [0, 0.05) is 43.8 Å². The van der Waals surface area contributed by atoms with Crippen molar-refractivity contribution in [1.29, 1.82) is 0 Å². The van der Waals surface area contributed by atoms with Crippen LogP contribution in [0.3, 0.4) is 0 Å². The van der Waals surface area contributed by atoms with Gasteiger partial charge < -0.3 is 14.6 Å². The lowest BCUT2D eigenvalue weighted by Gasteiger charge is -2.45. The Morgan fingerprint density at radius 3 is 2.29 bits per heavy atom. The smallest absolute Gasteiger partial charge is 0.410 e. The third kappa shape index (κ3) is 4.94. The van der Waals surface area contributed by atoms with E-state index in [4.69, 9.17) is 9.47 Å². The third-order valence-electron chi connectivity index (χ3n) is 8.79. The van der Waals surface area contributed by atoms with Crippen molar-refractivity contribution >= 4 is 16.1 Å². The number of fused-ring (bicyclic) bond motifs is 2. The van der Waals surface area contributed by atoms with Gasteiger partial charge in [-0.25, -0.2) is 22.0 Å². The Morgan fingerprint density at radius 2 is 1.71 bits per heavy atom. The number of amides is 1. The van der Waals surface area contributed by atoms with Crippen LogP contribution >= 0.6 is 0 Å². The van der Waals surface area contributed by atoms with Crippen LogP contribution in [0.5, 0.6) is 0 Å². The predicted molar refractivity (Wildman–Crippen MR) is 132 cm³/mol. The Kier molecular flexibility index (Phi) is 6.91. The van der Waals surface area contributed by atoms with E-state index in [9.17, 15) is 27.1 Å². The molecule has 4 atom stereocenters. The highest BCUT2D eigenvalue weighted by Gasteiger charge is 2.61. The summed E-state index contributed by atoms with van der Waals surface area (Å²) in [5.41, 5.74) is -1.04. The summed E-state index contributed by atoms with van der Waals surface area (Å²) < 4.78 is 69.5. The van der Waals surface area contributed by atoms with Crippen LogP contribution in [0.15, 0.2) is 23.1 Å². The number of likely N-dealkylation sites (tertiary alicyclic amines) is 1. The lowest BCUT2D eigenvalue weighted by atomic mass is 10.0. The van der Waals surface area contributed by atoms with Gasteiger partial charge in [0.05, 0.1) is 30.8 Å². The number of aliphatic hydroxyl groups is 1. The highest BCUT2D eigenvalue weighted by molar-refractivity contribution is 7.89. The van der Waals surface area contributed by atoms with Gasteiger partial charge >= 0.3 is 6.09 Å². The molecule has 2 bridgehead atoms. The number of carbonyl (C=O) groups excluding carboxylic acids is 1. The lowest BCUT2D eigenvalue weighted by molar-refractivity contribution is -0.0780. The third-order valence-corrected chi connectivity index (χ3v) is 10.7. The summed E-state index contributed by atoms with van der Waals surface area (Å²) in [5.74, 6) is -1.54. The number of benzene rings is 1. The largest absolute Gasteiger partial charge is 0.441 e. The van der Waals surface area contributed by atoms with E-state index in [2.05, 4.69) is 4.90 Å². The molecule has 0 radical (unpaired) electrons. The highest BCUT2D eigenvalue weighted by atomic mass is 32.2. The Labute approximate surface area is 221 Å². The molecule has 5 aliphatic rings. The van der Waals surface area contributed by atoms with Crippen LogP contribution in [0, 0.1) is 17.6 Å². The quantitative estimate of drug-likeness (QED) is 0.526. The van der Waals surface area contributed by atoms with E-state index in [1.165, 1.54) is 4.31 Å². The Morgan fingerprint density at radius 1 is 1.05 bits per heavy atom. The van der Waals surface area contributed by atoms with Crippen LogP contribution in [0.25, 0.3) is 0 Å². The van der Waals surface area contributed by atoms with Crippen LogP contribution in [0.4, 0.5) is 13.6 Å². The average molecular weight is 556 g/mol. The molecule has 0 aromatic heterocycles. The van der Waals surface area contributed by atoms with Crippen molar-refractivity contribution in [2.45, 2.75) is 79.6 Å². The first kappa shape index (κ1) is 26.4. The second kappa shape index (κ2) is 9.96. The second-order valence-electron chi connectivity index (χ2n) is 11.5. The van der Waals surface area contributed by atoms with Crippen LogP contribution in [-0.4, -0.2) is 103 Å². The van der Waals surface area contributed by atoms with E-state index in [1.54, 1.807) is 4.90 Å². The summed E-state index contributed by atoms with van der Waals surface area (Å²) in [6, 6.07) is 1.02. The molecule has 6 rings (SSSR count). The van der Waals surface area contributed by atoms with Gasteiger partial charge in [0.15, 0.2) is 0 Å². The lowest BCUT2D eigenvalue weighted by Crippen LogP contribution is -2.62. The molecule has 0 spiro atoms. The Balaban J connectivity index is 1.27. The number of piperazine rings is 1. The predicted octanol–water partition coefficient (Wildman–Crippen LogP) is 2.33. The van der Waals surface area contributed by atoms with Crippen molar-refractivity contribution in [3.05, 3.63) is 29.8 Å². The number of β-amino-alcohol motifs (C(OH)–C–C–N with tert-alkyl or cyclic N) is 1. The molecule has 2 aliphatic carbocycles. The van der Waals surface area contributed by atoms with E-state index in [1.807, 2.05) is 0 Å². The molecule has 1 aromatic carbocycles. The van der Waals surface area contributed by atoms with Crippen molar-refractivity contribution in [3.8, 4) is 0 Å². The van der Waals surface area contributed by atoms with Crippen LogP contribution in [0.1, 0.15) is 44.9 Å². The van der Waals surface area contributed by atoms with Gasteiger partial charge in [-0.05, 0) is 50.2 Å². The van der Waals surface area contributed by atoms with Crippen molar-refractivity contribution in [1.82, 2.24) is 14.1 Å². The maximum atomic E-state index is 14.1. The summed E-state index contributed by atoms with van der Waals surface area (Å²) in [4.78, 5) is 17.0. The molecule has 2 unspecified atom stereocenters. The molecule has 3 heterocycles. The van der Waals surface area contributed by atoms with Crippen LogP contribution in [-0.2, 0) is 19.5 Å². The first-order valence-corrected chi connectivity index (χ1v) is 15.1. The molecule has 3 aliphatic heterocycles. The van der Waals surface area contributed by atoms with Crippen molar-refractivity contribution in [3.63, 3.8) is 0 Å². The summed E-state index contributed by atoms with van der Waals surface area (Å²) in [6.07, 6.45) is 4.86. The van der Waals surface area contributed by atoms with Crippen molar-refractivity contribution in [2.75, 3.05) is 39.5 Å². The number of ether oxygens (including phenoxy) is 2. The van der Waals surface area contributed by atoms with E-state index < -0.39 is 50.3 Å². The van der Waals surface area contributed by atoms with Gasteiger partial charge in [-0.1, -0.05) is 12.8 Å². The highest BCUT2D eigenvalue weighted by Crippen LogP contribution is 2.50. The maximum absolute atomic E-state index is 14.1. The van der Waals surface area contributed by atoms with Crippen LogP contribution in [0.2, 0.25) is 0 Å². The fourth-order valence-corrected chi connectivity index (χ4v) is 8.53. The molecule has 1 amide bonds. The molecule has 12 heteroatoms. The molecule has 3 saturated heterocycles. The molecule has 2 saturated carbocycles. The van der Waals surface area contributed by atoms with Gasteiger partial charge in [-0.15, -0.1) is 0 Å². The number of carbonyl (C=O) groups is 1. The number of hydrogen-bond donors (Lipinski definition) is 1. The topological polar surface area (TPSA) is 99.6 Å².